The predicted molar refractivity (Wildman–Crippen MR) is 66.1 cm³/mol. The summed E-state index contributed by atoms with van der Waals surface area (Å²) in [5.74, 6) is -0.317. The second-order valence-electron chi connectivity index (χ2n) is 3.36. The highest BCUT2D eigenvalue weighted by molar-refractivity contribution is 8.04. The van der Waals surface area contributed by atoms with E-state index in [2.05, 4.69) is 0 Å². The molecule has 1 aromatic rings. The predicted octanol–water partition coefficient (Wildman–Crippen LogP) is 2.35. The lowest BCUT2D eigenvalue weighted by molar-refractivity contribution is -0.135. The maximum Gasteiger partial charge on any atom is 0.346 e. The molecule has 0 saturated carbocycles. The van der Waals surface area contributed by atoms with Crippen LogP contribution in [0, 0.1) is 0 Å². The zero-order valence-electron chi connectivity index (χ0n) is 9.64. The zero-order valence-corrected chi connectivity index (χ0v) is 10.5. The Kier molecular flexibility index (Phi) is 4.92. The first-order valence-corrected chi connectivity index (χ1v) is 5.64. The van der Waals surface area contributed by atoms with Crippen LogP contribution in [-0.2, 0) is 9.53 Å². The highest BCUT2D eigenvalue weighted by Crippen LogP contribution is 2.27. The Morgan fingerprint density at radius 1 is 1.31 bits per heavy atom. The minimum absolute atomic E-state index is 0.317. The summed E-state index contributed by atoms with van der Waals surface area (Å²) in [5.41, 5.74) is 0. The summed E-state index contributed by atoms with van der Waals surface area (Å²) in [7, 11) is 5.13. The second-order valence-corrected chi connectivity index (χ2v) is 4.48. The van der Waals surface area contributed by atoms with Gasteiger partial charge in [0.05, 0.1) is 7.11 Å². The van der Waals surface area contributed by atoms with Crippen LogP contribution in [0.5, 0.6) is 0 Å². The first kappa shape index (κ1) is 12.6. The summed E-state index contributed by atoms with van der Waals surface area (Å²) < 4.78 is 4.73. The third-order valence-corrected chi connectivity index (χ3v) is 2.73. The average Bonchev–Trinajstić information content (AvgIpc) is 2.28. The van der Waals surface area contributed by atoms with Crippen LogP contribution in [0.2, 0.25) is 0 Å². The minimum Gasteiger partial charge on any atom is -0.465 e. The monoisotopic (exact) mass is 237 g/mol. The lowest BCUT2D eigenvalue weighted by atomic mass is 10.4. The van der Waals surface area contributed by atoms with Gasteiger partial charge in [0.25, 0.3) is 0 Å². The van der Waals surface area contributed by atoms with Crippen molar-refractivity contribution in [3.8, 4) is 0 Å². The van der Waals surface area contributed by atoms with Crippen LogP contribution in [-0.4, -0.2) is 32.1 Å². The van der Waals surface area contributed by atoms with Gasteiger partial charge in [-0.3, -0.25) is 0 Å². The van der Waals surface area contributed by atoms with E-state index < -0.39 is 0 Å². The van der Waals surface area contributed by atoms with Crippen molar-refractivity contribution in [1.29, 1.82) is 0 Å². The number of carbonyl (C=O) groups is 1. The number of ether oxygens (including phenoxy) is 1. The number of carbonyl (C=O) groups excluding carboxylic acids is 1. The molecular formula is C12H15NO2S. The molecule has 0 aliphatic heterocycles. The van der Waals surface area contributed by atoms with E-state index >= 15 is 0 Å². The maximum absolute atomic E-state index is 11.5. The maximum atomic E-state index is 11.5. The van der Waals surface area contributed by atoms with Gasteiger partial charge in [-0.25, -0.2) is 4.79 Å². The summed E-state index contributed by atoms with van der Waals surface area (Å²) in [6.45, 7) is 0. The number of rotatable bonds is 4. The van der Waals surface area contributed by atoms with Gasteiger partial charge in [0.15, 0.2) is 0 Å². The molecule has 0 bridgehead atoms. The molecule has 0 aliphatic carbocycles. The van der Waals surface area contributed by atoms with Crippen LogP contribution in [0.25, 0.3) is 0 Å². The van der Waals surface area contributed by atoms with Gasteiger partial charge in [-0.1, -0.05) is 30.0 Å². The van der Waals surface area contributed by atoms with Crippen molar-refractivity contribution >= 4 is 17.7 Å². The van der Waals surface area contributed by atoms with Crippen LogP contribution < -0.4 is 0 Å². The summed E-state index contributed by atoms with van der Waals surface area (Å²) in [6, 6.07) is 9.73. The van der Waals surface area contributed by atoms with Gasteiger partial charge >= 0.3 is 5.97 Å². The molecule has 4 heteroatoms. The van der Waals surface area contributed by atoms with Crippen molar-refractivity contribution in [2.24, 2.45) is 0 Å². The molecule has 0 aromatic heterocycles. The normalized spacial score (nSPS) is 11.1. The third kappa shape index (κ3) is 3.98. The van der Waals surface area contributed by atoms with Gasteiger partial charge in [-0.2, -0.15) is 0 Å². The lowest BCUT2D eigenvalue weighted by Gasteiger charge is -2.09. The summed E-state index contributed by atoms with van der Waals surface area (Å²) >= 11 is 1.39. The fourth-order valence-electron chi connectivity index (χ4n) is 1.07. The van der Waals surface area contributed by atoms with E-state index in [4.69, 9.17) is 4.74 Å². The molecule has 1 rings (SSSR count). The molecule has 0 unspecified atom stereocenters. The van der Waals surface area contributed by atoms with E-state index in [1.54, 1.807) is 6.20 Å². The molecule has 0 N–H and O–H groups in total. The number of thioether (sulfide) groups is 1. The lowest BCUT2D eigenvalue weighted by Crippen LogP contribution is -2.08. The van der Waals surface area contributed by atoms with Gasteiger partial charge in [-0.15, -0.1) is 0 Å². The first-order valence-electron chi connectivity index (χ1n) is 4.83. The Balaban J connectivity index is 2.84. The van der Waals surface area contributed by atoms with Crippen molar-refractivity contribution in [2.45, 2.75) is 4.90 Å². The Bertz CT molecular complexity index is 374. The standard InChI is InChI=1S/C12H15NO2S/c1-13(2)9-11(12(14)15-3)16-10-7-5-4-6-8-10/h4-9H,1-3H3/b11-9-. The first-order chi connectivity index (χ1) is 7.63. The minimum atomic E-state index is -0.317. The molecule has 0 fully saturated rings. The van der Waals surface area contributed by atoms with E-state index in [1.165, 1.54) is 18.9 Å². The van der Waals surface area contributed by atoms with Crippen molar-refractivity contribution in [1.82, 2.24) is 4.90 Å². The van der Waals surface area contributed by atoms with Crippen LogP contribution in [0.1, 0.15) is 0 Å². The molecule has 0 saturated heterocycles. The molecule has 0 amide bonds. The van der Waals surface area contributed by atoms with E-state index in [0.29, 0.717) is 4.91 Å². The molecule has 3 nitrogen and oxygen atoms in total. The second kappa shape index (κ2) is 6.23. The van der Waals surface area contributed by atoms with Crippen molar-refractivity contribution in [3.05, 3.63) is 41.4 Å². The SMILES string of the molecule is COC(=O)/C(=C/N(C)C)Sc1ccccc1. The van der Waals surface area contributed by atoms with E-state index in [1.807, 2.05) is 49.3 Å². The summed E-state index contributed by atoms with van der Waals surface area (Å²) in [6.07, 6.45) is 1.75. The fraction of sp³-hybridized carbons (Fsp3) is 0.250. The van der Waals surface area contributed by atoms with Crippen LogP contribution in [0.4, 0.5) is 0 Å². The van der Waals surface area contributed by atoms with Gasteiger partial charge in [0.2, 0.25) is 0 Å². The summed E-state index contributed by atoms with van der Waals surface area (Å²) in [5, 5.41) is 0. The molecule has 0 aliphatic rings. The van der Waals surface area contributed by atoms with Crippen LogP contribution in [0.15, 0.2) is 46.3 Å². The topological polar surface area (TPSA) is 29.5 Å². The Hall–Kier alpha value is -1.42. The molecular weight excluding hydrogens is 222 g/mol. The average molecular weight is 237 g/mol. The Morgan fingerprint density at radius 3 is 2.44 bits per heavy atom. The largest absolute Gasteiger partial charge is 0.465 e. The van der Waals surface area contributed by atoms with Gasteiger partial charge < -0.3 is 9.64 Å². The van der Waals surface area contributed by atoms with Crippen molar-refractivity contribution < 1.29 is 9.53 Å². The highest BCUT2D eigenvalue weighted by Gasteiger charge is 2.11. The highest BCUT2D eigenvalue weighted by atomic mass is 32.2. The number of benzene rings is 1. The zero-order chi connectivity index (χ0) is 12.0. The van der Waals surface area contributed by atoms with E-state index in [-0.39, 0.29) is 5.97 Å². The number of hydrogen-bond acceptors (Lipinski definition) is 4. The molecule has 16 heavy (non-hydrogen) atoms. The quantitative estimate of drug-likeness (QED) is 0.457. The van der Waals surface area contributed by atoms with Gasteiger partial charge in [0, 0.05) is 25.2 Å². The number of hydrogen-bond donors (Lipinski definition) is 0. The number of esters is 1. The number of methoxy groups -OCH3 is 1. The molecule has 0 heterocycles. The van der Waals surface area contributed by atoms with Gasteiger partial charge in [-0.05, 0) is 12.1 Å². The Labute approximate surface area is 100 Å². The third-order valence-electron chi connectivity index (χ3n) is 1.73. The van der Waals surface area contributed by atoms with Crippen LogP contribution in [0.3, 0.4) is 0 Å². The fourth-order valence-corrected chi connectivity index (χ4v) is 2.05. The molecule has 0 spiro atoms. The Morgan fingerprint density at radius 2 is 1.94 bits per heavy atom. The molecule has 86 valence electrons. The van der Waals surface area contributed by atoms with Crippen molar-refractivity contribution in [3.63, 3.8) is 0 Å². The van der Waals surface area contributed by atoms with E-state index in [9.17, 15) is 4.79 Å². The number of nitrogens with zero attached hydrogens (tertiary/aromatic N) is 1. The smallest absolute Gasteiger partial charge is 0.346 e. The molecule has 0 atom stereocenters. The molecule has 1 aromatic carbocycles. The molecule has 0 radical (unpaired) electrons. The van der Waals surface area contributed by atoms with Crippen LogP contribution >= 0.6 is 11.8 Å². The summed E-state index contributed by atoms with van der Waals surface area (Å²) in [4.78, 5) is 14.9. The van der Waals surface area contributed by atoms with E-state index in [0.717, 1.165) is 4.90 Å². The van der Waals surface area contributed by atoms with Gasteiger partial charge in [0.1, 0.15) is 4.91 Å². The van der Waals surface area contributed by atoms with Crippen molar-refractivity contribution in [2.75, 3.05) is 21.2 Å².